The van der Waals surface area contributed by atoms with Crippen molar-refractivity contribution in [2.45, 2.75) is 19.3 Å². The van der Waals surface area contributed by atoms with Gasteiger partial charge in [-0.1, -0.05) is 23.7 Å². The molecule has 1 heterocycles. The van der Waals surface area contributed by atoms with E-state index >= 15 is 0 Å². The van der Waals surface area contributed by atoms with E-state index in [1.165, 1.54) is 7.11 Å². The molecular formula is C29H32ClN3O4. The first-order valence-corrected chi connectivity index (χ1v) is 12.7. The van der Waals surface area contributed by atoms with Crippen LogP contribution in [0.3, 0.4) is 0 Å². The minimum Gasteiger partial charge on any atom is -0.495 e. The molecule has 0 fully saturated rings. The van der Waals surface area contributed by atoms with Crippen molar-refractivity contribution in [1.82, 2.24) is 4.90 Å². The molecule has 0 aliphatic carbocycles. The largest absolute Gasteiger partial charge is 0.495 e. The number of hydrogen-bond acceptors (Lipinski definition) is 5. The number of halogens is 1. The first kappa shape index (κ1) is 26.5. The second kappa shape index (κ2) is 12.1. The molecule has 0 aromatic heterocycles. The average Bonchev–Trinajstić information content (AvgIpc) is 3.10. The highest BCUT2D eigenvalue weighted by molar-refractivity contribution is 6.30. The Morgan fingerprint density at radius 1 is 1.03 bits per heavy atom. The van der Waals surface area contributed by atoms with Gasteiger partial charge in [0.15, 0.2) is 0 Å². The Kier molecular flexibility index (Phi) is 8.69. The van der Waals surface area contributed by atoms with E-state index in [2.05, 4.69) is 5.32 Å². The van der Waals surface area contributed by atoms with Gasteiger partial charge in [-0.3, -0.25) is 9.59 Å². The average molecular weight is 522 g/mol. The van der Waals surface area contributed by atoms with Crippen LogP contribution >= 0.6 is 11.6 Å². The fraction of sp³-hybridized carbons (Fsp3) is 0.310. The summed E-state index contributed by atoms with van der Waals surface area (Å²) in [4.78, 5) is 30.5. The SMILES string of the molecule is COc1cc(C(=O)N2CCCCc3cc(Cl)ccc32)ccc1NC(=O)c1ccccc1OCCN(C)C. The van der Waals surface area contributed by atoms with Crippen LogP contribution < -0.4 is 19.7 Å². The number of carbonyl (C=O) groups is 2. The lowest BCUT2D eigenvalue weighted by molar-refractivity contribution is 0.0985. The maximum absolute atomic E-state index is 13.5. The number of carbonyl (C=O) groups excluding carboxylic acids is 2. The predicted octanol–water partition coefficient (Wildman–Crippen LogP) is 5.52. The molecule has 3 aromatic carbocycles. The second-order valence-electron chi connectivity index (χ2n) is 9.20. The molecule has 2 amide bonds. The Balaban J connectivity index is 1.54. The minimum absolute atomic E-state index is 0.124. The van der Waals surface area contributed by atoms with E-state index < -0.39 is 0 Å². The van der Waals surface area contributed by atoms with Gasteiger partial charge in [0.1, 0.15) is 18.1 Å². The molecule has 0 unspecified atom stereocenters. The number of aryl methyl sites for hydroxylation is 1. The molecule has 37 heavy (non-hydrogen) atoms. The normalized spacial score (nSPS) is 13.1. The fourth-order valence-electron chi connectivity index (χ4n) is 4.33. The van der Waals surface area contributed by atoms with Crippen LogP contribution in [0.5, 0.6) is 11.5 Å². The summed E-state index contributed by atoms with van der Waals surface area (Å²) in [5, 5.41) is 3.57. The molecule has 8 heteroatoms. The predicted molar refractivity (Wildman–Crippen MR) is 148 cm³/mol. The van der Waals surface area contributed by atoms with E-state index in [4.69, 9.17) is 21.1 Å². The molecule has 0 saturated carbocycles. The maximum atomic E-state index is 13.5. The van der Waals surface area contributed by atoms with Crippen LogP contribution in [0, 0.1) is 0 Å². The summed E-state index contributed by atoms with van der Waals surface area (Å²) < 4.78 is 11.4. The van der Waals surface area contributed by atoms with Gasteiger partial charge in [0.25, 0.3) is 11.8 Å². The molecule has 0 radical (unpaired) electrons. The van der Waals surface area contributed by atoms with Gasteiger partial charge in [-0.2, -0.15) is 0 Å². The zero-order valence-corrected chi connectivity index (χ0v) is 22.2. The Morgan fingerprint density at radius 3 is 2.62 bits per heavy atom. The second-order valence-corrected chi connectivity index (χ2v) is 9.64. The van der Waals surface area contributed by atoms with Crippen LogP contribution in [0.4, 0.5) is 11.4 Å². The molecule has 3 aromatic rings. The number of hydrogen-bond donors (Lipinski definition) is 1. The van der Waals surface area contributed by atoms with Gasteiger partial charge in [-0.05, 0) is 87.5 Å². The van der Waals surface area contributed by atoms with Crippen molar-refractivity contribution in [3.63, 3.8) is 0 Å². The van der Waals surface area contributed by atoms with Crippen molar-refractivity contribution < 1.29 is 19.1 Å². The zero-order chi connectivity index (χ0) is 26.4. The molecule has 1 N–H and O–H groups in total. The van der Waals surface area contributed by atoms with Gasteiger partial charge in [0.05, 0.1) is 18.4 Å². The highest BCUT2D eigenvalue weighted by Crippen LogP contribution is 2.32. The maximum Gasteiger partial charge on any atom is 0.259 e. The van der Waals surface area contributed by atoms with Crippen molar-refractivity contribution >= 4 is 34.8 Å². The summed E-state index contributed by atoms with van der Waals surface area (Å²) in [6.45, 7) is 1.82. The van der Waals surface area contributed by atoms with Crippen LogP contribution in [0.25, 0.3) is 0 Å². The fourth-order valence-corrected chi connectivity index (χ4v) is 4.52. The van der Waals surface area contributed by atoms with E-state index in [1.54, 1.807) is 41.3 Å². The lowest BCUT2D eigenvalue weighted by Gasteiger charge is -2.23. The highest BCUT2D eigenvalue weighted by atomic mass is 35.5. The number of para-hydroxylation sites is 1. The van der Waals surface area contributed by atoms with Gasteiger partial charge in [-0.25, -0.2) is 0 Å². The third-order valence-electron chi connectivity index (χ3n) is 6.28. The summed E-state index contributed by atoms with van der Waals surface area (Å²) in [6.07, 6.45) is 2.78. The number of fused-ring (bicyclic) bond motifs is 1. The molecule has 7 nitrogen and oxygen atoms in total. The van der Waals surface area contributed by atoms with Crippen LogP contribution in [0.1, 0.15) is 39.1 Å². The van der Waals surface area contributed by atoms with Gasteiger partial charge < -0.3 is 24.6 Å². The van der Waals surface area contributed by atoms with Crippen molar-refractivity contribution in [2.75, 3.05) is 51.1 Å². The molecule has 0 spiro atoms. The first-order chi connectivity index (χ1) is 17.9. The summed E-state index contributed by atoms with van der Waals surface area (Å²) in [5.41, 5.74) is 3.32. The van der Waals surface area contributed by atoms with Gasteiger partial charge in [-0.15, -0.1) is 0 Å². The molecule has 1 aliphatic rings. The number of nitrogens with zero attached hydrogens (tertiary/aromatic N) is 2. The topological polar surface area (TPSA) is 71.1 Å². The van der Waals surface area contributed by atoms with E-state index in [9.17, 15) is 9.59 Å². The summed E-state index contributed by atoms with van der Waals surface area (Å²) in [6, 6.07) is 17.8. The van der Waals surface area contributed by atoms with E-state index in [-0.39, 0.29) is 11.8 Å². The van der Waals surface area contributed by atoms with Crippen molar-refractivity contribution in [2.24, 2.45) is 0 Å². The Labute approximate surface area is 222 Å². The van der Waals surface area contributed by atoms with Crippen LogP contribution in [0.2, 0.25) is 5.02 Å². The van der Waals surface area contributed by atoms with Gasteiger partial charge >= 0.3 is 0 Å². The molecule has 4 rings (SSSR count). The van der Waals surface area contributed by atoms with Crippen LogP contribution in [0.15, 0.2) is 60.7 Å². The number of ether oxygens (including phenoxy) is 2. The molecule has 0 atom stereocenters. The van der Waals surface area contributed by atoms with Crippen molar-refractivity contribution in [3.05, 3.63) is 82.4 Å². The Hall–Kier alpha value is -3.55. The third-order valence-corrected chi connectivity index (χ3v) is 6.51. The van der Waals surface area contributed by atoms with E-state index in [0.29, 0.717) is 46.5 Å². The lowest BCUT2D eigenvalue weighted by atomic mass is 10.1. The molecule has 0 saturated heterocycles. The van der Waals surface area contributed by atoms with Crippen molar-refractivity contribution in [3.8, 4) is 11.5 Å². The number of anilines is 2. The summed E-state index contributed by atoms with van der Waals surface area (Å²) in [5.74, 6) is 0.460. The van der Waals surface area contributed by atoms with Crippen molar-refractivity contribution in [1.29, 1.82) is 0 Å². The van der Waals surface area contributed by atoms with Crippen LogP contribution in [-0.2, 0) is 6.42 Å². The standard InChI is InChI=1S/C29H32ClN3O4/c1-32(2)16-17-37-26-10-5-4-9-23(26)28(34)31-24-13-11-21(19-27(24)36-3)29(35)33-15-7-6-8-20-18-22(30)12-14-25(20)33/h4-5,9-14,18-19H,6-8,15-17H2,1-3H3,(H,31,34). The first-order valence-electron chi connectivity index (χ1n) is 12.3. The molecule has 194 valence electrons. The summed E-state index contributed by atoms with van der Waals surface area (Å²) in [7, 11) is 5.44. The number of likely N-dealkylation sites (N-methyl/N-ethyl adjacent to an activating group) is 1. The molecular weight excluding hydrogens is 490 g/mol. The number of benzene rings is 3. The third kappa shape index (κ3) is 6.42. The number of rotatable bonds is 8. The van der Waals surface area contributed by atoms with E-state index in [1.807, 2.05) is 43.3 Å². The summed E-state index contributed by atoms with van der Waals surface area (Å²) >= 11 is 6.20. The number of nitrogens with one attached hydrogen (secondary N) is 1. The smallest absolute Gasteiger partial charge is 0.259 e. The lowest BCUT2D eigenvalue weighted by Crippen LogP contribution is -2.31. The minimum atomic E-state index is -0.323. The van der Waals surface area contributed by atoms with Crippen LogP contribution in [-0.4, -0.2) is 57.6 Å². The number of amides is 2. The number of methoxy groups -OCH3 is 1. The van der Waals surface area contributed by atoms with Gasteiger partial charge in [0.2, 0.25) is 0 Å². The quantitative estimate of drug-likeness (QED) is 0.422. The monoisotopic (exact) mass is 521 g/mol. The Morgan fingerprint density at radius 2 is 1.84 bits per heavy atom. The van der Waals surface area contributed by atoms with Gasteiger partial charge in [0, 0.05) is 29.4 Å². The highest BCUT2D eigenvalue weighted by Gasteiger charge is 2.24. The molecule has 0 bridgehead atoms. The Bertz CT molecular complexity index is 1280. The van der Waals surface area contributed by atoms with E-state index in [0.717, 1.165) is 37.1 Å². The zero-order valence-electron chi connectivity index (χ0n) is 21.4. The molecule has 1 aliphatic heterocycles.